The average molecular weight is 710 g/mol. The van der Waals surface area contributed by atoms with Gasteiger partial charge < -0.3 is 30.5 Å². The molecule has 0 aliphatic carbocycles. The first kappa shape index (κ1) is 34.0. The lowest BCUT2D eigenvalue weighted by Crippen LogP contribution is -2.33. The van der Waals surface area contributed by atoms with Crippen LogP contribution in [-0.4, -0.2) is 94.4 Å². The van der Waals surface area contributed by atoms with Gasteiger partial charge in [-0.2, -0.15) is 4.31 Å². The first-order valence-corrected chi connectivity index (χ1v) is 17.4. The molecule has 0 bridgehead atoms. The molecule has 1 aliphatic heterocycles. The Labute approximate surface area is 258 Å². The molecule has 4 aromatic rings. The van der Waals surface area contributed by atoms with Crippen molar-refractivity contribution in [1.29, 1.82) is 0 Å². The highest BCUT2D eigenvalue weighted by Gasteiger charge is 2.46. The van der Waals surface area contributed by atoms with E-state index in [2.05, 4.69) is 38.8 Å². The molecule has 0 radical (unpaired) electrons. The smallest absolute Gasteiger partial charge is 0.387 e. The van der Waals surface area contributed by atoms with Crippen molar-refractivity contribution in [3.63, 3.8) is 0 Å². The van der Waals surface area contributed by atoms with Gasteiger partial charge in [-0.15, -0.1) is 5.10 Å². The van der Waals surface area contributed by atoms with Gasteiger partial charge in [0.1, 0.15) is 53.2 Å². The van der Waals surface area contributed by atoms with E-state index in [0.29, 0.717) is 0 Å². The third-order valence-corrected chi connectivity index (χ3v) is 10.4. The third-order valence-electron chi connectivity index (χ3n) is 6.33. The summed E-state index contributed by atoms with van der Waals surface area (Å²) < 4.78 is 86.8. The topological polar surface area (TPSA) is 298 Å². The minimum Gasteiger partial charge on any atom is -0.387 e. The van der Waals surface area contributed by atoms with Crippen molar-refractivity contribution < 1.29 is 60.0 Å². The quantitative estimate of drug-likeness (QED) is 0.0872. The van der Waals surface area contributed by atoms with E-state index < -0.39 is 74.1 Å². The molecule has 7 N–H and O–H groups in total. The number of halogens is 1. The van der Waals surface area contributed by atoms with Gasteiger partial charge in [-0.1, -0.05) is 17.3 Å². The number of nitrogens with zero attached hydrogens (tertiary/aromatic N) is 7. The fourth-order valence-electron chi connectivity index (χ4n) is 4.19. The molecule has 0 amide bonds. The molecule has 25 heteroatoms. The molecule has 2 unspecified atom stereocenters. The Hall–Kier alpha value is -3.31. The summed E-state index contributed by atoms with van der Waals surface area (Å²) in [4.78, 5) is 31.2. The van der Waals surface area contributed by atoms with Crippen molar-refractivity contribution in [1.82, 2.24) is 39.2 Å². The molecule has 1 aromatic carbocycles. The van der Waals surface area contributed by atoms with Gasteiger partial charge in [-0.25, -0.2) is 41.6 Å². The van der Waals surface area contributed by atoms with Gasteiger partial charge >= 0.3 is 15.6 Å². The fourth-order valence-corrected chi connectivity index (χ4v) is 7.34. The van der Waals surface area contributed by atoms with Crippen LogP contribution in [0.15, 0.2) is 48.0 Å². The number of anilines is 1. The van der Waals surface area contributed by atoms with E-state index in [1.165, 1.54) is 29.2 Å². The van der Waals surface area contributed by atoms with Gasteiger partial charge in [0, 0.05) is 6.54 Å². The lowest BCUT2D eigenvalue weighted by atomic mass is 10.1. The van der Waals surface area contributed by atoms with Crippen molar-refractivity contribution in [2.45, 2.75) is 42.6 Å². The highest BCUT2D eigenvalue weighted by molar-refractivity contribution is 7.89. The Bertz CT molecular complexity index is 1910. The Morgan fingerprint density at radius 3 is 2.59 bits per heavy atom. The molecule has 1 saturated heterocycles. The van der Waals surface area contributed by atoms with Crippen LogP contribution in [0.2, 0.25) is 0 Å². The summed E-state index contributed by atoms with van der Waals surface area (Å²) in [7, 11) is -14.7. The number of sulfonamides is 1. The number of aliphatic hydroxyl groups is 2. The maximum absolute atomic E-state index is 13.8. The van der Waals surface area contributed by atoms with Gasteiger partial charge in [-0.3, -0.25) is 18.3 Å². The van der Waals surface area contributed by atoms with E-state index in [0.717, 1.165) is 23.1 Å². The molecule has 1 aliphatic rings. The van der Waals surface area contributed by atoms with Crippen LogP contribution in [0.1, 0.15) is 11.9 Å². The van der Waals surface area contributed by atoms with Crippen LogP contribution in [0.5, 0.6) is 0 Å². The molecule has 4 heterocycles. The van der Waals surface area contributed by atoms with Gasteiger partial charge in [0.25, 0.3) is 0 Å². The molecule has 6 atom stereocenters. The number of hydrogen-bond donors (Lipinski definition) is 6. The zero-order valence-electron chi connectivity index (χ0n) is 23.1. The second-order valence-corrected chi connectivity index (χ2v) is 14.3. The lowest BCUT2D eigenvalue weighted by Gasteiger charge is -2.19. The number of aliphatic hydroxyl groups excluding tert-OH is 2. The van der Waals surface area contributed by atoms with E-state index >= 15 is 0 Å². The number of fused-ring (bicyclic) bond motifs is 1. The molecule has 0 saturated carbocycles. The maximum Gasteiger partial charge on any atom is 0.481 e. The Morgan fingerprint density at radius 1 is 1.09 bits per heavy atom. The predicted molar refractivity (Wildman–Crippen MR) is 149 cm³/mol. The summed E-state index contributed by atoms with van der Waals surface area (Å²) in [6, 6.07) is 4.79. The summed E-state index contributed by atoms with van der Waals surface area (Å²) in [5, 5.41) is 28.3. The van der Waals surface area contributed by atoms with Gasteiger partial charge in [0.2, 0.25) is 10.0 Å². The number of hydrogen-bond acceptors (Lipinski definition) is 16. The summed E-state index contributed by atoms with van der Waals surface area (Å²) in [5.41, 5.74) is 6.07. The average Bonchev–Trinajstić information content (AvgIpc) is 3.69. The number of nitrogens with one attached hydrogen (secondary N) is 1. The van der Waals surface area contributed by atoms with Crippen LogP contribution in [-0.2, 0) is 50.4 Å². The molecule has 0 spiro atoms. The molecule has 46 heavy (non-hydrogen) atoms. The van der Waals surface area contributed by atoms with Crippen LogP contribution in [0.3, 0.4) is 0 Å². The van der Waals surface area contributed by atoms with Crippen LogP contribution in [0.25, 0.3) is 11.2 Å². The Kier molecular flexibility index (Phi) is 9.94. The van der Waals surface area contributed by atoms with E-state index in [1.807, 2.05) is 0 Å². The van der Waals surface area contributed by atoms with Crippen molar-refractivity contribution in [2.75, 3.05) is 18.9 Å². The number of nitrogen functional groups attached to an aromatic ring is 1. The van der Waals surface area contributed by atoms with E-state index in [9.17, 15) is 41.9 Å². The first-order chi connectivity index (χ1) is 21.7. The number of benzene rings is 1. The summed E-state index contributed by atoms with van der Waals surface area (Å²) in [5.74, 6) is -0.874. The number of aromatic nitrogens is 7. The Morgan fingerprint density at radius 2 is 1.83 bits per heavy atom. The highest BCUT2D eigenvalue weighted by atomic mass is 32.2. The molecule has 1 fully saturated rings. The van der Waals surface area contributed by atoms with E-state index in [4.69, 9.17) is 15.0 Å². The largest absolute Gasteiger partial charge is 0.481 e. The molecular weight excluding hydrogens is 683 g/mol. The number of nitrogens with two attached hydrogens (primary N) is 1. The summed E-state index contributed by atoms with van der Waals surface area (Å²) >= 11 is 0. The van der Waals surface area contributed by atoms with Crippen LogP contribution in [0, 0.1) is 5.82 Å². The highest BCUT2D eigenvalue weighted by Crippen LogP contribution is 2.60. The Balaban J connectivity index is 1.09. The van der Waals surface area contributed by atoms with Crippen LogP contribution < -0.4 is 10.5 Å². The zero-order chi connectivity index (χ0) is 33.3. The molecule has 21 nitrogen and oxygen atoms in total. The molecule has 3 aromatic heterocycles. The fraction of sp³-hybridized carbons (Fsp3) is 0.381. The van der Waals surface area contributed by atoms with E-state index in [-0.39, 0.29) is 35.8 Å². The van der Waals surface area contributed by atoms with Gasteiger partial charge in [0.05, 0.1) is 25.7 Å². The number of phosphoric ester groups is 2. The zero-order valence-corrected chi connectivity index (χ0v) is 25.7. The number of imidazole rings is 1. The SMILES string of the molecule is Nc1ncnc2c1ncn2[C@@H]1O[C@H](COP(=O)(O)OP(=O)(O)OCc2cn(CCNS(=O)(=O)c3ccccc3F)nn2)[C@@H](O)[C@H]1O. The number of phosphoric acid groups is 2. The third kappa shape index (κ3) is 7.79. The number of ether oxygens (including phenoxy) is 1. The molecular formula is C21H26FN9O12P2S. The lowest BCUT2D eigenvalue weighted by molar-refractivity contribution is -0.0504. The maximum atomic E-state index is 13.8. The standard InChI is InChI=1S/C21H26FN9O12P2S/c22-13-3-1-2-4-15(13)46(38,39)27-5-6-30-7-12(28-29-30)8-40-44(34,35)43-45(36,37)41-9-14-17(32)18(33)21(42-14)31-11-26-16-19(23)24-10-25-20(16)31/h1-4,7,10-11,14,17-18,21,27,32-33H,5-6,8-9H2,(H,34,35)(H,36,37)(H2,23,24,25)/t14-,17-,18-,21-/m1/s1. The van der Waals surface area contributed by atoms with Crippen molar-refractivity contribution in [3.05, 3.63) is 54.6 Å². The van der Waals surface area contributed by atoms with Crippen LogP contribution >= 0.6 is 15.6 Å². The second-order valence-electron chi connectivity index (χ2n) is 9.52. The second kappa shape index (κ2) is 13.4. The minimum atomic E-state index is -5.31. The number of rotatable bonds is 14. The summed E-state index contributed by atoms with van der Waals surface area (Å²) in [6.07, 6.45) is -2.30. The molecule has 250 valence electrons. The van der Waals surface area contributed by atoms with Gasteiger partial charge in [-0.05, 0) is 12.1 Å². The van der Waals surface area contributed by atoms with Crippen molar-refractivity contribution in [3.8, 4) is 0 Å². The van der Waals surface area contributed by atoms with Crippen molar-refractivity contribution >= 4 is 42.7 Å². The predicted octanol–water partition coefficient (Wildman–Crippen LogP) is -0.812. The minimum absolute atomic E-state index is 0.0508. The van der Waals surface area contributed by atoms with Crippen LogP contribution in [0.4, 0.5) is 10.2 Å². The van der Waals surface area contributed by atoms with Gasteiger partial charge in [0.15, 0.2) is 17.7 Å². The normalized spacial score (nSPS) is 23.0. The monoisotopic (exact) mass is 709 g/mol. The van der Waals surface area contributed by atoms with E-state index in [1.54, 1.807) is 0 Å². The molecule has 5 rings (SSSR count). The first-order valence-electron chi connectivity index (χ1n) is 12.9. The summed E-state index contributed by atoms with van der Waals surface area (Å²) in [6.45, 7) is -1.90. The van der Waals surface area contributed by atoms with Crippen molar-refractivity contribution in [2.24, 2.45) is 0 Å².